The molecule has 2 rings (SSSR count). The van der Waals surface area contributed by atoms with E-state index < -0.39 is 0 Å². The van der Waals surface area contributed by atoms with Crippen LogP contribution in [0.1, 0.15) is 30.3 Å². The maximum Gasteiger partial charge on any atom is 0.185 e. The fourth-order valence-electron chi connectivity index (χ4n) is 1.92. The molecule has 0 amide bonds. The monoisotopic (exact) mass is 309 g/mol. The summed E-state index contributed by atoms with van der Waals surface area (Å²) in [6.45, 7) is 6.15. The van der Waals surface area contributed by atoms with Gasteiger partial charge in [0, 0.05) is 29.7 Å². The predicted molar refractivity (Wildman–Crippen MR) is 87.8 cm³/mol. The van der Waals surface area contributed by atoms with Crippen LogP contribution in [0.3, 0.4) is 0 Å². The summed E-state index contributed by atoms with van der Waals surface area (Å²) >= 11 is 7.67. The molecule has 1 heterocycles. The van der Waals surface area contributed by atoms with Gasteiger partial charge in [0.25, 0.3) is 0 Å². The number of halogens is 1. The van der Waals surface area contributed by atoms with Gasteiger partial charge in [0.05, 0.1) is 6.04 Å². The minimum atomic E-state index is 0.269. The summed E-state index contributed by atoms with van der Waals surface area (Å²) in [5, 5.41) is 5.13. The van der Waals surface area contributed by atoms with E-state index in [1.54, 1.807) is 11.3 Å². The second-order valence-corrected chi connectivity index (χ2v) is 6.26. The number of hydrogen-bond acceptors (Lipinski definition) is 4. The first-order valence-electron chi connectivity index (χ1n) is 6.75. The topological polar surface area (TPSA) is 28.2 Å². The molecular weight excluding hydrogens is 290 g/mol. The Kier molecular flexibility index (Phi) is 5.40. The Morgan fingerprint density at radius 2 is 2.05 bits per heavy atom. The van der Waals surface area contributed by atoms with Gasteiger partial charge in [-0.25, -0.2) is 4.98 Å². The average molecular weight is 310 g/mol. The molecule has 0 aliphatic heterocycles. The minimum Gasteiger partial charge on any atom is -0.344 e. The van der Waals surface area contributed by atoms with Crippen molar-refractivity contribution in [1.82, 2.24) is 10.3 Å². The highest BCUT2D eigenvalue weighted by Gasteiger charge is 2.15. The van der Waals surface area contributed by atoms with Gasteiger partial charge >= 0.3 is 0 Å². The zero-order valence-electron chi connectivity index (χ0n) is 12.1. The number of rotatable bonds is 6. The second kappa shape index (κ2) is 7.07. The maximum absolute atomic E-state index is 5.93. The molecule has 0 aliphatic carbocycles. The number of hydrogen-bond donors (Lipinski definition) is 1. The van der Waals surface area contributed by atoms with E-state index in [-0.39, 0.29) is 6.04 Å². The standard InChI is InChI=1S/C15H20ClN3S/c1-4-17-9-14-10-18-15(20-14)19(3)11(2)12-5-7-13(16)8-6-12/h5-8,10-11,17H,4,9H2,1-3H3. The van der Waals surface area contributed by atoms with Crippen molar-refractivity contribution in [3.8, 4) is 0 Å². The fraction of sp³-hybridized carbons (Fsp3) is 0.400. The van der Waals surface area contributed by atoms with Crippen LogP contribution < -0.4 is 10.2 Å². The molecule has 0 fully saturated rings. The zero-order chi connectivity index (χ0) is 14.5. The van der Waals surface area contributed by atoms with Crippen LogP contribution in [0, 0.1) is 0 Å². The van der Waals surface area contributed by atoms with Crippen molar-refractivity contribution in [3.63, 3.8) is 0 Å². The summed E-state index contributed by atoms with van der Waals surface area (Å²) in [4.78, 5) is 7.97. The number of anilines is 1. The van der Waals surface area contributed by atoms with Gasteiger partial charge < -0.3 is 10.2 Å². The quantitative estimate of drug-likeness (QED) is 0.870. The van der Waals surface area contributed by atoms with Crippen LogP contribution >= 0.6 is 22.9 Å². The van der Waals surface area contributed by atoms with Crippen LogP contribution in [-0.4, -0.2) is 18.6 Å². The lowest BCUT2D eigenvalue weighted by atomic mass is 10.1. The van der Waals surface area contributed by atoms with Gasteiger partial charge in [0.2, 0.25) is 0 Å². The first-order valence-corrected chi connectivity index (χ1v) is 7.95. The van der Waals surface area contributed by atoms with E-state index >= 15 is 0 Å². The highest BCUT2D eigenvalue weighted by molar-refractivity contribution is 7.15. The molecule has 1 N–H and O–H groups in total. The summed E-state index contributed by atoms with van der Waals surface area (Å²) in [6.07, 6.45) is 1.95. The third kappa shape index (κ3) is 3.72. The van der Waals surface area contributed by atoms with E-state index in [0.717, 1.165) is 23.2 Å². The molecule has 1 aromatic heterocycles. The molecule has 0 spiro atoms. The van der Waals surface area contributed by atoms with Gasteiger partial charge in [-0.05, 0) is 31.2 Å². The number of aromatic nitrogens is 1. The van der Waals surface area contributed by atoms with E-state index in [9.17, 15) is 0 Å². The van der Waals surface area contributed by atoms with Crippen LogP contribution in [-0.2, 0) is 6.54 Å². The van der Waals surface area contributed by atoms with Crippen molar-refractivity contribution >= 4 is 28.1 Å². The van der Waals surface area contributed by atoms with Crippen molar-refractivity contribution in [2.45, 2.75) is 26.4 Å². The van der Waals surface area contributed by atoms with Crippen LogP contribution in [0.2, 0.25) is 5.02 Å². The van der Waals surface area contributed by atoms with Crippen molar-refractivity contribution in [1.29, 1.82) is 0 Å². The molecule has 0 aliphatic rings. The Bertz CT molecular complexity index is 538. The van der Waals surface area contributed by atoms with Gasteiger partial charge in [-0.1, -0.05) is 30.7 Å². The molecule has 0 saturated heterocycles. The average Bonchev–Trinajstić information content (AvgIpc) is 2.93. The van der Waals surface area contributed by atoms with Crippen LogP contribution in [0.25, 0.3) is 0 Å². The van der Waals surface area contributed by atoms with E-state index in [4.69, 9.17) is 11.6 Å². The zero-order valence-corrected chi connectivity index (χ0v) is 13.6. The molecule has 5 heteroatoms. The Morgan fingerprint density at radius 3 is 2.70 bits per heavy atom. The molecule has 0 radical (unpaired) electrons. The normalized spacial score (nSPS) is 12.4. The maximum atomic E-state index is 5.93. The lowest BCUT2D eigenvalue weighted by Gasteiger charge is -2.24. The summed E-state index contributed by atoms with van der Waals surface area (Å²) in [5.74, 6) is 0. The van der Waals surface area contributed by atoms with Gasteiger partial charge in [-0.2, -0.15) is 0 Å². The Balaban J connectivity index is 2.07. The Morgan fingerprint density at radius 1 is 1.35 bits per heavy atom. The first-order chi connectivity index (χ1) is 9.61. The van der Waals surface area contributed by atoms with Crippen LogP contribution in [0.4, 0.5) is 5.13 Å². The molecule has 1 atom stereocenters. The van der Waals surface area contributed by atoms with Crippen molar-refractivity contribution in [2.75, 3.05) is 18.5 Å². The molecule has 0 saturated carbocycles. The molecule has 0 bridgehead atoms. The summed E-state index contributed by atoms with van der Waals surface area (Å²) in [6, 6.07) is 8.26. The van der Waals surface area contributed by atoms with Gasteiger partial charge in [-0.3, -0.25) is 0 Å². The molecule has 2 aromatic rings. The summed E-state index contributed by atoms with van der Waals surface area (Å²) in [5.41, 5.74) is 1.24. The van der Waals surface area contributed by atoms with E-state index in [1.807, 2.05) is 18.3 Å². The van der Waals surface area contributed by atoms with E-state index in [1.165, 1.54) is 10.4 Å². The lowest BCUT2D eigenvalue weighted by Crippen LogP contribution is -2.21. The third-order valence-electron chi connectivity index (χ3n) is 3.33. The highest BCUT2D eigenvalue weighted by atomic mass is 35.5. The molecule has 3 nitrogen and oxygen atoms in total. The Hall–Kier alpha value is -1.10. The third-order valence-corrected chi connectivity index (χ3v) is 4.67. The molecule has 1 unspecified atom stereocenters. The lowest BCUT2D eigenvalue weighted by molar-refractivity contribution is 0.733. The number of nitrogens with zero attached hydrogens (tertiary/aromatic N) is 2. The fourth-order valence-corrected chi connectivity index (χ4v) is 2.97. The van der Waals surface area contributed by atoms with E-state index in [2.05, 4.69) is 48.2 Å². The van der Waals surface area contributed by atoms with Gasteiger partial charge in [0.1, 0.15) is 0 Å². The van der Waals surface area contributed by atoms with Crippen LogP contribution in [0.5, 0.6) is 0 Å². The molecular formula is C15H20ClN3S. The predicted octanol–water partition coefficient (Wildman–Crippen LogP) is 4.10. The van der Waals surface area contributed by atoms with Crippen molar-refractivity contribution in [3.05, 3.63) is 45.9 Å². The summed E-state index contributed by atoms with van der Waals surface area (Å²) in [7, 11) is 2.08. The van der Waals surface area contributed by atoms with Gasteiger partial charge in [0.15, 0.2) is 5.13 Å². The van der Waals surface area contributed by atoms with E-state index in [0.29, 0.717) is 0 Å². The molecule has 108 valence electrons. The van der Waals surface area contributed by atoms with Crippen LogP contribution in [0.15, 0.2) is 30.5 Å². The smallest absolute Gasteiger partial charge is 0.185 e. The minimum absolute atomic E-state index is 0.269. The highest BCUT2D eigenvalue weighted by Crippen LogP contribution is 2.29. The summed E-state index contributed by atoms with van der Waals surface area (Å²) < 4.78 is 0. The first kappa shape index (κ1) is 15.3. The SMILES string of the molecule is CCNCc1cnc(N(C)C(C)c2ccc(Cl)cc2)s1. The van der Waals surface area contributed by atoms with Crippen molar-refractivity contribution < 1.29 is 0 Å². The molecule has 1 aromatic carbocycles. The number of nitrogens with one attached hydrogen (secondary N) is 1. The van der Waals surface area contributed by atoms with Gasteiger partial charge in [-0.15, -0.1) is 11.3 Å². The number of benzene rings is 1. The number of thiazole rings is 1. The second-order valence-electron chi connectivity index (χ2n) is 4.73. The Labute approximate surface area is 129 Å². The molecule has 20 heavy (non-hydrogen) atoms. The van der Waals surface area contributed by atoms with Crippen molar-refractivity contribution in [2.24, 2.45) is 0 Å². The largest absolute Gasteiger partial charge is 0.344 e.